The van der Waals surface area contributed by atoms with Crippen molar-refractivity contribution in [1.82, 2.24) is 14.9 Å². The van der Waals surface area contributed by atoms with Crippen LogP contribution < -0.4 is 5.32 Å². The predicted molar refractivity (Wildman–Crippen MR) is 97.0 cm³/mol. The molecule has 2 aliphatic rings. The quantitative estimate of drug-likeness (QED) is 0.804. The van der Waals surface area contributed by atoms with Gasteiger partial charge in [-0.2, -0.15) is 0 Å². The van der Waals surface area contributed by atoms with E-state index in [0.29, 0.717) is 48.9 Å². The van der Waals surface area contributed by atoms with E-state index < -0.39 is 0 Å². The zero-order valence-corrected chi connectivity index (χ0v) is 14.8. The minimum absolute atomic E-state index is 0.0474. The Labute approximate surface area is 148 Å². The van der Waals surface area contributed by atoms with E-state index in [1.807, 2.05) is 19.9 Å². The molecule has 2 heterocycles. The molecule has 3 rings (SSSR count). The molecule has 0 radical (unpaired) electrons. The lowest BCUT2D eigenvalue weighted by atomic mass is 10.0. The van der Waals surface area contributed by atoms with Crippen LogP contribution in [-0.2, 0) is 16.0 Å². The van der Waals surface area contributed by atoms with Gasteiger partial charge in [-0.3, -0.25) is 14.6 Å². The summed E-state index contributed by atoms with van der Waals surface area (Å²) in [5, 5.41) is 3.34. The van der Waals surface area contributed by atoms with Gasteiger partial charge < -0.3 is 10.2 Å². The van der Waals surface area contributed by atoms with E-state index >= 15 is 0 Å². The number of allylic oxidation sites excluding steroid dienone is 2. The number of hydrogen-bond acceptors (Lipinski definition) is 5. The molecule has 1 aromatic rings. The molecule has 0 bridgehead atoms. The number of fused-ring (bicyclic) bond motifs is 1. The fourth-order valence-corrected chi connectivity index (χ4v) is 3.29. The van der Waals surface area contributed by atoms with Crippen LogP contribution in [-0.4, -0.2) is 45.7 Å². The van der Waals surface area contributed by atoms with E-state index in [9.17, 15) is 9.59 Å². The van der Waals surface area contributed by atoms with Crippen LogP contribution >= 0.6 is 0 Å². The molecule has 1 atom stereocenters. The van der Waals surface area contributed by atoms with Crippen molar-refractivity contribution in [2.75, 3.05) is 18.4 Å². The van der Waals surface area contributed by atoms with Gasteiger partial charge in [0.25, 0.3) is 0 Å². The van der Waals surface area contributed by atoms with Crippen LogP contribution in [0.25, 0.3) is 5.57 Å². The molecule has 0 aromatic carbocycles. The Morgan fingerprint density at radius 2 is 2.28 bits per heavy atom. The summed E-state index contributed by atoms with van der Waals surface area (Å²) in [4.78, 5) is 34.9. The summed E-state index contributed by atoms with van der Waals surface area (Å²) in [6.45, 7) is 8.93. The smallest absolute Gasteiger partial charge is 0.246 e. The highest BCUT2D eigenvalue weighted by Gasteiger charge is 2.27. The van der Waals surface area contributed by atoms with Crippen LogP contribution in [0.1, 0.15) is 38.1 Å². The van der Waals surface area contributed by atoms with Crippen LogP contribution in [0.2, 0.25) is 0 Å². The van der Waals surface area contributed by atoms with Gasteiger partial charge in [0.2, 0.25) is 5.91 Å². The minimum atomic E-state index is -0.0474. The molecule has 1 N–H and O–H groups in total. The average molecular weight is 340 g/mol. The second-order valence-corrected chi connectivity index (χ2v) is 7.01. The normalized spacial score (nSPS) is 18.9. The van der Waals surface area contributed by atoms with Gasteiger partial charge >= 0.3 is 0 Å². The summed E-state index contributed by atoms with van der Waals surface area (Å²) < 4.78 is 0. The number of amides is 1. The number of carbonyl (C=O) groups is 2. The van der Waals surface area contributed by atoms with Gasteiger partial charge in [-0.25, -0.2) is 4.98 Å². The highest BCUT2D eigenvalue weighted by atomic mass is 16.2. The van der Waals surface area contributed by atoms with Crippen molar-refractivity contribution < 1.29 is 9.59 Å². The molecule has 1 saturated heterocycles. The molecular weight excluding hydrogens is 316 g/mol. The highest BCUT2D eigenvalue weighted by Crippen LogP contribution is 2.28. The summed E-state index contributed by atoms with van der Waals surface area (Å²) in [5.41, 5.74) is 2.25. The van der Waals surface area contributed by atoms with E-state index in [1.54, 1.807) is 11.1 Å². The van der Waals surface area contributed by atoms with E-state index in [1.165, 1.54) is 6.08 Å². The average Bonchev–Trinajstić information content (AvgIpc) is 3.20. The Hall–Kier alpha value is -2.50. The fourth-order valence-electron chi connectivity index (χ4n) is 3.29. The van der Waals surface area contributed by atoms with Crippen molar-refractivity contribution in [2.45, 2.75) is 39.2 Å². The molecular formula is C19H24N4O2. The summed E-state index contributed by atoms with van der Waals surface area (Å²) >= 11 is 0. The molecule has 25 heavy (non-hydrogen) atoms. The third-order valence-corrected chi connectivity index (χ3v) is 4.52. The monoisotopic (exact) mass is 340 g/mol. The maximum Gasteiger partial charge on any atom is 0.246 e. The number of aromatic nitrogens is 2. The number of ketones is 1. The van der Waals surface area contributed by atoms with Gasteiger partial charge in [0.1, 0.15) is 5.82 Å². The standard InChI is InChI=1S/C19H24N4O2/c1-4-18(25)23-8-7-13(11-23)21-17-10-20-15-6-5-14(19(15)22-17)16(24)9-12(2)3/h4-5,10,12-13H,1,6-9,11H2,2-3H3,(H,21,22)/t13-/m0/s1. The first-order valence-electron chi connectivity index (χ1n) is 8.75. The highest BCUT2D eigenvalue weighted by molar-refractivity contribution is 6.21. The number of hydrogen-bond donors (Lipinski definition) is 1. The molecule has 0 spiro atoms. The number of rotatable bonds is 6. The SMILES string of the molecule is C=CC(=O)N1CC[C@H](Nc2cnc3c(n2)C(C(=O)CC(C)C)=CC3)C1. The van der Waals surface area contributed by atoms with Gasteiger partial charge in [0, 0.05) is 37.5 Å². The molecule has 0 unspecified atom stereocenters. The lowest BCUT2D eigenvalue weighted by Gasteiger charge is -2.16. The van der Waals surface area contributed by atoms with Crippen LogP contribution in [0.15, 0.2) is 24.9 Å². The van der Waals surface area contributed by atoms with Crippen molar-refractivity contribution in [3.63, 3.8) is 0 Å². The summed E-state index contributed by atoms with van der Waals surface area (Å²) in [6, 6.07) is 0.136. The van der Waals surface area contributed by atoms with Gasteiger partial charge in [0.15, 0.2) is 5.78 Å². The van der Waals surface area contributed by atoms with E-state index in [0.717, 1.165) is 12.1 Å². The predicted octanol–water partition coefficient (Wildman–Crippen LogP) is 2.23. The maximum atomic E-state index is 12.4. The van der Waals surface area contributed by atoms with Gasteiger partial charge in [-0.05, 0) is 18.4 Å². The van der Waals surface area contributed by atoms with Gasteiger partial charge in [0.05, 0.1) is 17.6 Å². The third-order valence-electron chi connectivity index (χ3n) is 4.52. The molecule has 1 aliphatic carbocycles. The lowest BCUT2D eigenvalue weighted by Crippen LogP contribution is -2.30. The number of carbonyl (C=O) groups excluding carboxylic acids is 2. The maximum absolute atomic E-state index is 12.4. The van der Waals surface area contributed by atoms with Gasteiger partial charge in [-0.1, -0.05) is 26.5 Å². The number of nitrogens with one attached hydrogen (secondary N) is 1. The Morgan fingerprint density at radius 3 is 3.00 bits per heavy atom. The lowest BCUT2D eigenvalue weighted by molar-refractivity contribution is -0.125. The van der Waals surface area contributed by atoms with E-state index in [4.69, 9.17) is 0 Å². The molecule has 132 valence electrons. The first kappa shape index (κ1) is 17.3. The Kier molecular flexibility index (Phi) is 4.97. The Balaban J connectivity index is 1.70. The number of anilines is 1. The van der Waals surface area contributed by atoms with Gasteiger partial charge in [-0.15, -0.1) is 0 Å². The van der Waals surface area contributed by atoms with Crippen molar-refractivity contribution in [3.05, 3.63) is 36.3 Å². The third kappa shape index (κ3) is 3.78. The Bertz CT molecular complexity index is 739. The molecule has 1 fully saturated rings. The summed E-state index contributed by atoms with van der Waals surface area (Å²) in [6.07, 6.45) is 7.01. The zero-order valence-electron chi connectivity index (χ0n) is 14.8. The van der Waals surface area contributed by atoms with Crippen LogP contribution in [0.4, 0.5) is 5.82 Å². The molecule has 1 aromatic heterocycles. The first-order chi connectivity index (χ1) is 12.0. The van der Waals surface area contributed by atoms with Crippen LogP contribution in [0.5, 0.6) is 0 Å². The second-order valence-electron chi connectivity index (χ2n) is 7.01. The van der Waals surface area contributed by atoms with Crippen LogP contribution in [0, 0.1) is 5.92 Å². The topological polar surface area (TPSA) is 75.2 Å². The largest absolute Gasteiger partial charge is 0.364 e. The van der Waals surface area contributed by atoms with Crippen molar-refractivity contribution >= 4 is 23.1 Å². The van der Waals surface area contributed by atoms with Crippen molar-refractivity contribution in [1.29, 1.82) is 0 Å². The number of Topliss-reactive ketones (excluding diaryl/α,β-unsaturated/α-hetero) is 1. The second kappa shape index (κ2) is 7.17. The first-order valence-corrected chi connectivity index (χ1v) is 8.75. The molecule has 0 saturated carbocycles. The minimum Gasteiger partial charge on any atom is -0.364 e. The fraction of sp³-hybridized carbons (Fsp3) is 0.474. The van der Waals surface area contributed by atoms with Crippen molar-refractivity contribution in [2.24, 2.45) is 5.92 Å². The zero-order chi connectivity index (χ0) is 18.0. The summed E-state index contributed by atoms with van der Waals surface area (Å²) in [5.74, 6) is 1.05. The number of likely N-dealkylation sites (tertiary alicyclic amines) is 1. The summed E-state index contributed by atoms with van der Waals surface area (Å²) in [7, 11) is 0. The van der Waals surface area contributed by atoms with Crippen molar-refractivity contribution in [3.8, 4) is 0 Å². The molecule has 1 amide bonds. The van der Waals surface area contributed by atoms with E-state index in [2.05, 4.69) is 21.9 Å². The molecule has 6 heteroatoms. The molecule has 6 nitrogen and oxygen atoms in total. The number of nitrogens with zero attached hydrogens (tertiary/aromatic N) is 3. The molecule has 1 aliphatic heterocycles. The van der Waals surface area contributed by atoms with Crippen LogP contribution in [0.3, 0.4) is 0 Å². The Morgan fingerprint density at radius 1 is 1.48 bits per heavy atom. The van der Waals surface area contributed by atoms with E-state index in [-0.39, 0.29) is 17.7 Å².